The Morgan fingerprint density at radius 3 is 1.53 bits per heavy atom. The van der Waals surface area contributed by atoms with E-state index in [-0.39, 0.29) is 25.2 Å². The van der Waals surface area contributed by atoms with E-state index in [0.717, 1.165) is 44.6 Å². The number of hydrogen-bond donors (Lipinski definition) is 0. The SMILES string of the molecule is O=C(CCSCCSSc1ccccn1)OCCOC(=O)CCSCCSSc1ccccn1. The average Bonchev–Trinajstić information content (AvgIpc) is 2.86. The number of esters is 2. The van der Waals surface area contributed by atoms with Crippen molar-refractivity contribution in [1.82, 2.24) is 9.97 Å². The summed E-state index contributed by atoms with van der Waals surface area (Å²) in [5.74, 6) is 4.85. The second-order valence-electron chi connectivity index (χ2n) is 6.31. The molecule has 0 unspecified atom stereocenters. The predicted octanol–water partition coefficient (Wildman–Crippen LogP) is 5.99. The molecule has 0 aliphatic carbocycles. The van der Waals surface area contributed by atoms with Crippen molar-refractivity contribution in [2.75, 3.05) is 47.7 Å². The monoisotopic (exact) mass is 576 g/mol. The average molecular weight is 577 g/mol. The van der Waals surface area contributed by atoms with Crippen molar-refractivity contribution in [2.45, 2.75) is 22.9 Å². The van der Waals surface area contributed by atoms with E-state index in [4.69, 9.17) is 9.47 Å². The number of pyridine rings is 2. The Morgan fingerprint density at radius 2 is 1.12 bits per heavy atom. The largest absolute Gasteiger partial charge is 0.462 e. The van der Waals surface area contributed by atoms with Crippen LogP contribution in [-0.4, -0.2) is 69.6 Å². The summed E-state index contributed by atoms with van der Waals surface area (Å²) in [7, 11) is 6.84. The van der Waals surface area contributed by atoms with Gasteiger partial charge in [-0.25, -0.2) is 9.97 Å². The molecule has 0 saturated carbocycles. The summed E-state index contributed by atoms with van der Waals surface area (Å²) < 4.78 is 10.2. The highest BCUT2D eigenvalue weighted by Gasteiger charge is 2.06. The standard InChI is InChI=1S/C22H28N2O4S6/c25-21(7-13-29-15-17-31-33-19-5-1-3-9-23-19)27-11-12-28-22(26)8-14-30-16-18-32-34-20-6-2-4-10-24-20/h1-6,9-10H,7-8,11-18H2. The van der Waals surface area contributed by atoms with Gasteiger partial charge in [0.2, 0.25) is 0 Å². The molecule has 0 bridgehead atoms. The van der Waals surface area contributed by atoms with Crippen molar-refractivity contribution >= 4 is 78.6 Å². The van der Waals surface area contributed by atoms with Gasteiger partial charge in [0.25, 0.3) is 0 Å². The quantitative estimate of drug-likeness (QED) is 0.112. The highest BCUT2D eigenvalue weighted by Crippen LogP contribution is 2.30. The van der Waals surface area contributed by atoms with Crippen LogP contribution < -0.4 is 0 Å². The Bertz CT molecular complexity index is 737. The zero-order chi connectivity index (χ0) is 24.1. The molecule has 0 amide bonds. The van der Waals surface area contributed by atoms with E-state index < -0.39 is 0 Å². The van der Waals surface area contributed by atoms with Crippen molar-refractivity contribution in [3.8, 4) is 0 Å². The Hall–Kier alpha value is -0.660. The van der Waals surface area contributed by atoms with Crippen molar-refractivity contribution in [1.29, 1.82) is 0 Å². The zero-order valence-electron chi connectivity index (χ0n) is 18.7. The second kappa shape index (κ2) is 20.5. The van der Waals surface area contributed by atoms with Crippen LogP contribution in [0.4, 0.5) is 0 Å². The van der Waals surface area contributed by atoms with E-state index in [0.29, 0.717) is 12.8 Å². The topological polar surface area (TPSA) is 78.4 Å². The van der Waals surface area contributed by atoms with Crippen LogP contribution in [0.1, 0.15) is 12.8 Å². The summed E-state index contributed by atoms with van der Waals surface area (Å²) >= 11 is 3.45. The predicted molar refractivity (Wildman–Crippen MR) is 151 cm³/mol. The lowest BCUT2D eigenvalue weighted by molar-refractivity contribution is -0.151. The molecule has 0 aliphatic heterocycles. The van der Waals surface area contributed by atoms with E-state index in [9.17, 15) is 9.59 Å². The fourth-order valence-electron chi connectivity index (χ4n) is 2.15. The summed E-state index contributed by atoms with van der Waals surface area (Å²) in [6.45, 7) is 0.223. The lowest BCUT2D eigenvalue weighted by Crippen LogP contribution is -2.14. The third-order valence-corrected chi connectivity index (χ3v) is 10.7. The molecular formula is C22H28N2O4S6. The van der Waals surface area contributed by atoms with Gasteiger partial charge in [0.05, 0.1) is 12.8 Å². The molecule has 6 nitrogen and oxygen atoms in total. The van der Waals surface area contributed by atoms with Crippen LogP contribution in [0.5, 0.6) is 0 Å². The van der Waals surface area contributed by atoms with Crippen molar-refractivity contribution in [2.24, 2.45) is 0 Å². The molecular weight excluding hydrogens is 549 g/mol. The molecule has 34 heavy (non-hydrogen) atoms. The summed E-state index contributed by atoms with van der Waals surface area (Å²) in [6.07, 6.45) is 4.31. The lowest BCUT2D eigenvalue weighted by atomic mass is 10.5. The molecule has 0 radical (unpaired) electrons. The number of carbonyl (C=O) groups excluding carboxylic acids is 2. The van der Waals surface area contributed by atoms with E-state index >= 15 is 0 Å². The van der Waals surface area contributed by atoms with Crippen LogP contribution in [0.25, 0.3) is 0 Å². The minimum absolute atomic E-state index is 0.111. The van der Waals surface area contributed by atoms with E-state index in [2.05, 4.69) is 9.97 Å². The Kier molecular flexibility index (Phi) is 17.8. The molecule has 0 atom stereocenters. The first kappa shape index (κ1) is 29.6. The number of hydrogen-bond acceptors (Lipinski definition) is 12. The molecule has 0 aromatic carbocycles. The van der Waals surface area contributed by atoms with Gasteiger partial charge in [0.1, 0.15) is 23.3 Å². The number of aromatic nitrogens is 2. The van der Waals surface area contributed by atoms with E-state index in [1.807, 2.05) is 36.4 Å². The molecule has 0 N–H and O–H groups in total. The fraction of sp³-hybridized carbons (Fsp3) is 0.455. The highest BCUT2D eigenvalue weighted by atomic mass is 33.1. The van der Waals surface area contributed by atoms with Gasteiger partial charge in [0.15, 0.2) is 0 Å². The van der Waals surface area contributed by atoms with Gasteiger partial charge in [-0.3, -0.25) is 9.59 Å². The summed E-state index contributed by atoms with van der Waals surface area (Å²) in [5, 5.41) is 2.01. The maximum atomic E-state index is 11.7. The highest BCUT2D eigenvalue weighted by molar-refractivity contribution is 8.77. The number of thioether (sulfide) groups is 2. The molecule has 2 aromatic rings. The first-order chi connectivity index (χ1) is 16.7. The Balaban J connectivity index is 1.31. The third-order valence-electron chi connectivity index (χ3n) is 3.70. The van der Waals surface area contributed by atoms with E-state index in [1.165, 1.54) is 0 Å². The van der Waals surface area contributed by atoms with Crippen molar-refractivity contribution in [3.63, 3.8) is 0 Å². The van der Waals surface area contributed by atoms with Crippen molar-refractivity contribution in [3.05, 3.63) is 48.8 Å². The van der Waals surface area contributed by atoms with Crippen LogP contribution in [0.15, 0.2) is 58.8 Å². The van der Waals surface area contributed by atoms with Gasteiger partial charge in [0, 0.05) is 46.9 Å². The lowest BCUT2D eigenvalue weighted by Gasteiger charge is -2.07. The fourth-order valence-corrected chi connectivity index (χ4v) is 8.60. The molecule has 0 saturated heterocycles. The van der Waals surface area contributed by atoms with Gasteiger partial charge in [-0.15, -0.1) is 0 Å². The first-order valence-corrected chi connectivity index (χ1v) is 17.6. The van der Waals surface area contributed by atoms with Crippen LogP contribution in [-0.2, 0) is 19.1 Å². The van der Waals surface area contributed by atoms with Crippen molar-refractivity contribution < 1.29 is 19.1 Å². The molecule has 2 heterocycles. The molecule has 186 valence electrons. The van der Waals surface area contributed by atoms with Gasteiger partial charge < -0.3 is 9.47 Å². The molecule has 0 fully saturated rings. The van der Waals surface area contributed by atoms with Gasteiger partial charge >= 0.3 is 11.9 Å². The second-order valence-corrected chi connectivity index (χ2v) is 13.6. The van der Waals surface area contributed by atoms with Gasteiger partial charge in [-0.1, -0.05) is 33.7 Å². The normalized spacial score (nSPS) is 10.7. The number of nitrogens with zero attached hydrogens (tertiary/aromatic N) is 2. The minimum atomic E-state index is -0.254. The maximum Gasteiger partial charge on any atom is 0.306 e. The number of carbonyl (C=O) groups is 2. The van der Waals surface area contributed by atoms with Gasteiger partial charge in [-0.05, 0) is 45.9 Å². The summed E-state index contributed by atoms with van der Waals surface area (Å²) in [5.41, 5.74) is 0. The zero-order valence-corrected chi connectivity index (χ0v) is 23.6. The summed E-state index contributed by atoms with van der Waals surface area (Å²) in [4.78, 5) is 32.0. The first-order valence-electron chi connectivity index (χ1n) is 10.6. The maximum absolute atomic E-state index is 11.7. The third kappa shape index (κ3) is 16.1. The number of ether oxygens (including phenoxy) is 2. The van der Waals surface area contributed by atoms with Crippen LogP contribution in [0.3, 0.4) is 0 Å². The molecule has 12 heteroatoms. The minimum Gasteiger partial charge on any atom is -0.462 e. The Morgan fingerprint density at radius 1 is 0.647 bits per heavy atom. The molecule has 2 aromatic heterocycles. The van der Waals surface area contributed by atoms with Crippen LogP contribution in [0, 0.1) is 0 Å². The summed E-state index contributed by atoms with van der Waals surface area (Å²) in [6, 6.07) is 11.7. The smallest absolute Gasteiger partial charge is 0.306 e. The number of rotatable bonds is 19. The molecule has 0 spiro atoms. The van der Waals surface area contributed by atoms with E-state index in [1.54, 1.807) is 79.1 Å². The Labute approximate surface area is 225 Å². The van der Waals surface area contributed by atoms with Crippen LogP contribution in [0.2, 0.25) is 0 Å². The molecule has 0 aliphatic rings. The van der Waals surface area contributed by atoms with Crippen LogP contribution >= 0.6 is 66.7 Å². The molecule has 2 rings (SSSR count). The van der Waals surface area contributed by atoms with Gasteiger partial charge in [-0.2, -0.15) is 23.5 Å².